The van der Waals surface area contributed by atoms with Gasteiger partial charge in [0.05, 0.1) is 17.0 Å². The normalized spacial score (nSPS) is 24.8. The fourth-order valence-electron chi connectivity index (χ4n) is 4.76. The lowest BCUT2D eigenvalue weighted by molar-refractivity contribution is -0.128. The fourth-order valence-corrected chi connectivity index (χ4v) is 6.00. The van der Waals surface area contributed by atoms with Crippen molar-refractivity contribution in [3.63, 3.8) is 0 Å². The molecular weight excluding hydrogens is 412 g/mol. The number of benzene rings is 2. The molecule has 1 heterocycles. The van der Waals surface area contributed by atoms with E-state index in [1.165, 1.54) is 6.07 Å². The van der Waals surface area contributed by atoms with Crippen LogP contribution in [0.15, 0.2) is 66.1 Å². The van der Waals surface area contributed by atoms with Gasteiger partial charge < -0.3 is 5.32 Å². The number of sulfonamides is 1. The van der Waals surface area contributed by atoms with E-state index in [4.69, 9.17) is 0 Å². The summed E-state index contributed by atoms with van der Waals surface area (Å²) in [7, 11) is -4.20. The van der Waals surface area contributed by atoms with Crippen molar-refractivity contribution in [2.75, 3.05) is 5.32 Å². The van der Waals surface area contributed by atoms with E-state index >= 15 is 0 Å². The second kappa shape index (κ2) is 7.05. The van der Waals surface area contributed by atoms with Crippen LogP contribution in [0, 0.1) is 16.7 Å². The highest BCUT2D eigenvalue weighted by molar-refractivity contribution is 7.90. The first-order valence-electron chi connectivity index (χ1n) is 10.2. The van der Waals surface area contributed by atoms with Crippen molar-refractivity contribution in [1.82, 2.24) is 4.72 Å². The number of hydrogen-bond donors (Lipinski definition) is 2. The molecule has 2 aliphatic rings. The standard InChI is InChI=1S/C24H26N2O4S/c1-5-16-14-24(16,23(2,3)4)22(28)26-31(29,30)18-13-9-12-17-19(21(27)25-20(17)18)15-10-7-6-8-11-15/h5-13,16,19H,1,14H2,2-4H3,(H,25,27)(H,26,28)/t16-,19?,24-/m1/s1. The van der Waals surface area contributed by atoms with Gasteiger partial charge in [-0.05, 0) is 34.9 Å². The summed E-state index contributed by atoms with van der Waals surface area (Å²) >= 11 is 0. The molecular formula is C24H26N2O4S. The minimum atomic E-state index is -4.20. The highest BCUT2D eigenvalue weighted by atomic mass is 32.2. The number of carbonyl (C=O) groups excluding carboxylic acids is 2. The molecule has 162 valence electrons. The third-order valence-corrected chi connectivity index (χ3v) is 7.95. The molecule has 1 fully saturated rings. The van der Waals surface area contributed by atoms with Crippen molar-refractivity contribution in [2.24, 2.45) is 16.7 Å². The number of nitrogens with one attached hydrogen (secondary N) is 2. The number of fused-ring (bicyclic) bond motifs is 1. The van der Waals surface area contributed by atoms with Crippen LogP contribution in [0.25, 0.3) is 0 Å². The van der Waals surface area contributed by atoms with Crippen molar-refractivity contribution in [3.05, 3.63) is 72.3 Å². The molecule has 0 aromatic heterocycles. The Labute approximate surface area is 182 Å². The summed E-state index contributed by atoms with van der Waals surface area (Å²) in [5.41, 5.74) is 0.317. The molecule has 0 spiro atoms. The fraction of sp³-hybridized carbons (Fsp3) is 0.333. The van der Waals surface area contributed by atoms with Crippen LogP contribution in [0.5, 0.6) is 0 Å². The summed E-state index contributed by atoms with van der Waals surface area (Å²) in [5, 5.41) is 2.71. The average molecular weight is 439 g/mol. The van der Waals surface area contributed by atoms with Crippen LogP contribution in [-0.4, -0.2) is 20.2 Å². The first kappa shape index (κ1) is 21.3. The summed E-state index contributed by atoms with van der Waals surface area (Å²) in [6, 6.07) is 13.9. The van der Waals surface area contributed by atoms with Crippen molar-refractivity contribution in [2.45, 2.75) is 38.0 Å². The summed E-state index contributed by atoms with van der Waals surface area (Å²) in [5.74, 6) is -1.51. The first-order chi connectivity index (χ1) is 14.5. The lowest BCUT2D eigenvalue weighted by Gasteiger charge is -2.30. The van der Waals surface area contributed by atoms with Gasteiger partial charge in [-0.2, -0.15) is 0 Å². The summed E-state index contributed by atoms with van der Waals surface area (Å²) in [6.07, 6.45) is 2.27. The van der Waals surface area contributed by atoms with E-state index in [1.54, 1.807) is 18.2 Å². The molecule has 1 saturated carbocycles. The lowest BCUT2D eigenvalue weighted by Crippen LogP contribution is -2.43. The number of rotatable bonds is 5. The zero-order chi connectivity index (χ0) is 22.6. The van der Waals surface area contributed by atoms with Gasteiger partial charge in [0.1, 0.15) is 4.90 Å². The molecule has 2 amide bonds. The molecule has 1 unspecified atom stereocenters. The summed E-state index contributed by atoms with van der Waals surface area (Å²) in [6.45, 7) is 9.56. The van der Waals surface area contributed by atoms with Gasteiger partial charge in [0, 0.05) is 0 Å². The number of amides is 2. The van der Waals surface area contributed by atoms with Crippen LogP contribution in [0.3, 0.4) is 0 Å². The maximum atomic E-state index is 13.2. The van der Waals surface area contributed by atoms with Gasteiger partial charge in [-0.25, -0.2) is 13.1 Å². The Bertz CT molecular complexity index is 1180. The molecule has 1 aliphatic carbocycles. The number of para-hydroxylation sites is 1. The quantitative estimate of drug-likeness (QED) is 0.695. The van der Waals surface area contributed by atoms with E-state index < -0.39 is 32.7 Å². The number of anilines is 1. The second-order valence-electron chi connectivity index (χ2n) is 9.26. The molecule has 31 heavy (non-hydrogen) atoms. The zero-order valence-electron chi connectivity index (χ0n) is 17.8. The van der Waals surface area contributed by atoms with Crippen molar-refractivity contribution in [3.8, 4) is 0 Å². The van der Waals surface area contributed by atoms with E-state index in [2.05, 4.69) is 16.6 Å². The Morgan fingerprint density at radius 1 is 1.16 bits per heavy atom. The predicted molar refractivity (Wildman–Crippen MR) is 119 cm³/mol. The van der Waals surface area contributed by atoms with E-state index in [9.17, 15) is 18.0 Å². The molecule has 7 heteroatoms. The third-order valence-electron chi connectivity index (χ3n) is 6.57. The van der Waals surface area contributed by atoms with Crippen molar-refractivity contribution >= 4 is 27.5 Å². The highest BCUT2D eigenvalue weighted by Gasteiger charge is 2.65. The predicted octanol–water partition coefficient (Wildman–Crippen LogP) is 3.81. The van der Waals surface area contributed by atoms with Gasteiger partial charge in [-0.1, -0.05) is 69.3 Å². The first-order valence-corrected chi connectivity index (χ1v) is 11.7. The maximum Gasteiger partial charge on any atom is 0.266 e. The zero-order valence-corrected chi connectivity index (χ0v) is 18.6. The molecule has 0 bridgehead atoms. The molecule has 1 aliphatic heterocycles. The van der Waals surface area contributed by atoms with E-state index in [-0.39, 0.29) is 22.4 Å². The van der Waals surface area contributed by atoms with E-state index in [1.807, 2.05) is 51.1 Å². The van der Waals surface area contributed by atoms with Crippen LogP contribution >= 0.6 is 0 Å². The Hall–Kier alpha value is -2.93. The molecule has 2 N–H and O–H groups in total. The monoisotopic (exact) mass is 438 g/mol. The Kier molecular flexibility index (Phi) is 4.85. The van der Waals surface area contributed by atoms with Gasteiger partial charge in [0.2, 0.25) is 11.8 Å². The Morgan fingerprint density at radius 3 is 2.42 bits per heavy atom. The van der Waals surface area contributed by atoms with Gasteiger partial charge in [0.15, 0.2) is 0 Å². The topological polar surface area (TPSA) is 92.3 Å². The number of allylic oxidation sites excluding steroid dienone is 1. The molecule has 3 atom stereocenters. The summed E-state index contributed by atoms with van der Waals surface area (Å²) < 4.78 is 28.8. The minimum absolute atomic E-state index is 0.0775. The number of carbonyl (C=O) groups is 2. The van der Waals surface area contributed by atoms with Crippen LogP contribution in [0.4, 0.5) is 5.69 Å². The SMILES string of the molecule is C=C[C@@H]1C[C@@]1(C(=O)NS(=O)(=O)c1cccc2c1NC(=O)C2c1ccccc1)C(C)(C)C. The van der Waals surface area contributed by atoms with Gasteiger partial charge in [0.25, 0.3) is 10.0 Å². The number of hydrogen-bond acceptors (Lipinski definition) is 4. The van der Waals surface area contributed by atoms with Crippen molar-refractivity contribution < 1.29 is 18.0 Å². The average Bonchev–Trinajstić information content (AvgIpc) is 3.38. The van der Waals surface area contributed by atoms with E-state index in [0.29, 0.717) is 12.0 Å². The van der Waals surface area contributed by atoms with Crippen LogP contribution in [-0.2, 0) is 19.6 Å². The molecule has 0 radical (unpaired) electrons. The molecule has 2 aromatic carbocycles. The molecule has 6 nitrogen and oxygen atoms in total. The van der Waals surface area contributed by atoms with Crippen LogP contribution in [0.1, 0.15) is 44.2 Å². The summed E-state index contributed by atoms with van der Waals surface area (Å²) in [4.78, 5) is 25.8. The van der Waals surface area contributed by atoms with Gasteiger partial charge in [-0.3, -0.25) is 9.59 Å². The van der Waals surface area contributed by atoms with Crippen LogP contribution < -0.4 is 10.0 Å². The molecule has 4 rings (SSSR count). The van der Waals surface area contributed by atoms with Gasteiger partial charge >= 0.3 is 0 Å². The lowest BCUT2D eigenvalue weighted by atomic mass is 9.75. The van der Waals surface area contributed by atoms with Gasteiger partial charge in [-0.15, -0.1) is 6.58 Å². The molecule has 2 aromatic rings. The Balaban J connectivity index is 1.70. The Morgan fingerprint density at radius 2 is 1.84 bits per heavy atom. The molecule has 0 saturated heterocycles. The minimum Gasteiger partial charge on any atom is -0.324 e. The van der Waals surface area contributed by atoms with Crippen molar-refractivity contribution in [1.29, 1.82) is 0 Å². The maximum absolute atomic E-state index is 13.2. The second-order valence-corrected chi connectivity index (χ2v) is 10.9. The smallest absolute Gasteiger partial charge is 0.266 e. The van der Waals surface area contributed by atoms with Crippen LogP contribution in [0.2, 0.25) is 0 Å². The van der Waals surface area contributed by atoms with E-state index in [0.717, 1.165) is 5.56 Å². The third kappa shape index (κ3) is 3.28. The largest absolute Gasteiger partial charge is 0.324 e. The highest BCUT2D eigenvalue weighted by Crippen LogP contribution is 2.64.